The van der Waals surface area contributed by atoms with Gasteiger partial charge < -0.3 is 5.73 Å². The number of carbonyl (C=O) groups excluding carboxylic acids is 1. The summed E-state index contributed by atoms with van der Waals surface area (Å²) >= 11 is 0. The maximum absolute atomic E-state index is 10.9. The number of hydrogen-bond acceptors (Lipinski definition) is 4. The number of hydroxylamine groups is 1. The summed E-state index contributed by atoms with van der Waals surface area (Å²) in [7, 11) is 1.69. The molecule has 0 atom stereocenters. The largest absolute Gasteiger partial charge is 0.382 e. The minimum atomic E-state index is -0.458. The molecule has 1 heterocycles. The second kappa shape index (κ2) is 3.90. The zero-order chi connectivity index (χ0) is 11.6. The smallest absolute Gasteiger partial charge is 0.239 e. The van der Waals surface area contributed by atoms with Gasteiger partial charge in [0.15, 0.2) is 5.82 Å². The first kappa shape index (κ1) is 11.5. The number of aromatic nitrogens is 2. The molecule has 0 saturated heterocycles. The summed E-state index contributed by atoms with van der Waals surface area (Å²) in [5, 5.41) is 5.04. The van der Waals surface area contributed by atoms with Crippen LogP contribution in [0.4, 0.5) is 11.6 Å². The van der Waals surface area contributed by atoms with E-state index in [2.05, 4.69) is 5.10 Å². The molecule has 6 heteroatoms. The van der Waals surface area contributed by atoms with Crippen LogP contribution in [-0.4, -0.2) is 21.8 Å². The van der Waals surface area contributed by atoms with Crippen LogP contribution in [-0.2, 0) is 16.7 Å². The van der Waals surface area contributed by atoms with Crippen LogP contribution in [0.1, 0.15) is 20.8 Å². The summed E-state index contributed by atoms with van der Waals surface area (Å²) in [6, 6.07) is 1.57. The molecule has 0 fully saturated rings. The molecule has 2 N–H and O–H groups in total. The van der Waals surface area contributed by atoms with E-state index in [0.717, 1.165) is 5.06 Å². The number of carbonyl (C=O) groups is 1. The van der Waals surface area contributed by atoms with Gasteiger partial charge in [-0.1, -0.05) is 0 Å². The number of amides is 1. The monoisotopic (exact) mass is 212 g/mol. The van der Waals surface area contributed by atoms with Crippen LogP contribution in [0.2, 0.25) is 0 Å². The van der Waals surface area contributed by atoms with Crippen LogP contribution in [0, 0.1) is 0 Å². The fraction of sp³-hybridized carbons (Fsp3) is 0.556. The molecule has 6 nitrogen and oxygen atoms in total. The molecule has 0 aliphatic rings. The van der Waals surface area contributed by atoms with E-state index < -0.39 is 5.60 Å². The predicted molar refractivity (Wildman–Crippen MR) is 57.0 cm³/mol. The summed E-state index contributed by atoms with van der Waals surface area (Å²) in [4.78, 5) is 16.3. The zero-order valence-corrected chi connectivity index (χ0v) is 9.39. The van der Waals surface area contributed by atoms with Crippen molar-refractivity contribution in [2.45, 2.75) is 26.4 Å². The minimum absolute atomic E-state index is 0.344. The Morgan fingerprint density at radius 1 is 1.60 bits per heavy atom. The lowest BCUT2D eigenvalue weighted by Gasteiger charge is -2.25. The van der Waals surface area contributed by atoms with E-state index >= 15 is 0 Å². The Balaban J connectivity index is 2.93. The van der Waals surface area contributed by atoms with Gasteiger partial charge >= 0.3 is 0 Å². The van der Waals surface area contributed by atoms with Crippen LogP contribution >= 0.6 is 0 Å². The van der Waals surface area contributed by atoms with E-state index in [9.17, 15) is 4.79 Å². The van der Waals surface area contributed by atoms with Gasteiger partial charge in [0.1, 0.15) is 5.82 Å². The molecular weight excluding hydrogens is 196 g/mol. The van der Waals surface area contributed by atoms with Gasteiger partial charge in [-0.3, -0.25) is 9.63 Å². The van der Waals surface area contributed by atoms with Crippen molar-refractivity contribution < 1.29 is 9.63 Å². The Morgan fingerprint density at radius 2 is 2.20 bits per heavy atom. The Morgan fingerprint density at radius 3 is 2.53 bits per heavy atom. The highest BCUT2D eigenvalue weighted by Crippen LogP contribution is 2.19. The molecular formula is C9H16N4O2. The first-order chi connectivity index (χ1) is 6.83. The van der Waals surface area contributed by atoms with Gasteiger partial charge in [0.25, 0.3) is 0 Å². The Bertz CT molecular complexity index is 353. The standard InChI is InChI=1S/C9H16N4O2/c1-9(2,3)15-13(6-14)8-5-7(10)11-12(8)4/h5-6H,1-4H3,(H2,10,11). The highest BCUT2D eigenvalue weighted by Gasteiger charge is 2.20. The second-order valence-corrected chi connectivity index (χ2v) is 4.19. The van der Waals surface area contributed by atoms with Crippen molar-refractivity contribution in [2.24, 2.45) is 7.05 Å². The molecule has 84 valence electrons. The van der Waals surface area contributed by atoms with E-state index in [1.807, 2.05) is 20.8 Å². The van der Waals surface area contributed by atoms with Crippen molar-refractivity contribution in [1.82, 2.24) is 9.78 Å². The molecule has 0 bridgehead atoms. The van der Waals surface area contributed by atoms with E-state index in [0.29, 0.717) is 18.0 Å². The molecule has 15 heavy (non-hydrogen) atoms. The Hall–Kier alpha value is -1.56. The topological polar surface area (TPSA) is 73.4 Å². The quantitative estimate of drug-likeness (QED) is 0.591. The number of nitrogen functional groups attached to an aromatic ring is 1. The molecule has 0 aliphatic carbocycles. The molecule has 0 radical (unpaired) electrons. The van der Waals surface area contributed by atoms with Crippen molar-refractivity contribution in [1.29, 1.82) is 0 Å². The Labute approximate surface area is 88.6 Å². The van der Waals surface area contributed by atoms with Crippen LogP contribution in [0.5, 0.6) is 0 Å². The summed E-state index contributed by atoms with van der Waals surface area (Å²) in [6.07, 6.45) is 0.585. The summed E-state index contributed by atoms with van der Waals surface area (Å²) in [6.45, 7) is 5.55. The average molecular weight is 212 g/mol. The fourth-order valence-electron chi connectivity index (χ4n) is 1.10. The fourth-order valence-corrected chi connectivity index (χ4v) is 1.10. The number of nitrogens with zero attached hydrogens (tertiary/aromatic N) is 3. The Kier molecular flexibility index (Phi) is 2.99. The van der Waals surface area contributed by atoms with Crippen molar-refractivity contribution >= 4 is 18.0 Å². The first-order valence-electron chi connectivity index (χ1n) is 4.56. The average Bonchev–Trinajstić information content (AvgIpc) is 2.39. The lowest BCUT2D eigenvalue weighted by atomic mass is 10.2. The third-order valence-corrected chi connectivity index (χ3v) is 1.57. The number of nitrogens with two attached hydrogens (primary N) is 1. The molecule has 0 aromatic carbocycles. The van der Waals surface area contributed by atoms with Gasteiger partial charge in [-0.15, -0.1) is 0 Å². The lowest BCUT2D eigenvalue weighted by molar-refractivity contribution is -0.120. The molecule has 1 amide bonds. The highest BCUT2D eigenvalue weighted by molar-refractivity contribution is 5.71. The summed E-state index contributed by atoms with van der Waals surface area (Å²) in [5.41, 5.74) is 5.05. The molecule has 1 aromatic rings. The second-order valence-electron chi connectivity index (χ2n) is 4.19. The molecule has 1 rings (SSSR count). The van der Waals surface area contributed by atoms with E-state index in [-0.39, 0.29) is 0 Å². The van der Waals surface area contributed by atoms with Crippen LogP contribution in [0.15, 0.2) is 6.07 Å². The van der Waals surface area contributed by atoms with Crippen molar-refractivity contribution in [3.63, 3.8) is 0 Å². The number of aryl methyl sites for hydroxylation is 1. The molecule has 1 aromatic heterocycles. The van der Waals surface area contributed by atoms with Gasteiger partial charge in [0, 0.05) is 13.1 Å². The SMILES string of the molecule is Cn1nc(N)cc1N(C=O)OC(C)(C)C. The van der Waals surface area contributed by atoms with Crippen LogP contribution in [0.25, 0.3) is 0 Å². The van der Waals surface area contributed by atoms with Gasteiger partial charge in [-0.2, -0.15) is 10.2 Å². The van der Waals surface area contributed by atoms with Crippen molar-refractivity contribution in [3.8, 4) is 0 Å². The molecule has 0 unspecified atom stereocenters. The number of anilines is 2. The van der Waals surface area contributed by atoms with Gasteiger partial charge in [-0.05, 0) is 20.8 Å². The van der Waals surface area contributed by atoms with E-state index in [4.69, 9.17) is 10.6 Å². The van der Waals surface area contributed by atoms with Gasteiger partial charge in [0.05, 0.1) is 5.60 Å². The number of rotatable bonds is 3. The molecule has 0 aliphatic heterocycles. The third-order valence-electron chi connectivity index (χ3n) is 1.57. The van der Waals surface area contributed by atoms with Crippen molar-refractivity contribution in [3.05, 3.63) is 6.07 Å². The third kappa shape index (κ3) is 2.95. The number of hydrogen-bond donors (Lipinski definition) is 1. The summed E-state index contributed by atoms with van der Waals surface area (Å²) < 4.78 is 1.48. The van der Waals surface area contributed by atoms with E-state index in [1.165, 1.54) is 4.68 Å². The van der Waals surface area contributed by atoms with Gasteiger partial charge in [-0.25, -0.2) is 4.68 Å². The maximum atomic E-state index is 10.9. The minimum Gasteiger partial charge on any atom is -0.382 e. The zero-order valence-electron chi connectivity index (χ0n) is 9.39. The van der Waals surface area contributed by atoms with Crippen molar-refractivity contribution in [2.75, 3.05) is 10.8 Å². The highest BCUT2D eigenvalue weighted by atomic mass is 16.7. The molecule has 0 saturated carbocycles. The van der Waals surface area contributed by atoms with Crippen LogP contribution < -0.4 is 10.8 Å². The predicted octanol–water partition coefficient (Wildman–Crippen LogP) is 0.695. The first-order valence-corrected chi connectivity index (χ1v) is 4.56. The lowest BCUT2D eigenvalue weighted by Crippen LogP contribution is -2.34. The summed E-state index contributed by atoms with van der Waals surface area (Å²) in [5.74, 6) is 0.842. The van der Waals surface area contributed by atoms with Crippen LogP contribution in [0.3, 0.4) is 0 Å². The van der Waals surface area contributed by atoms with E-state index in [1.54, 1.807) is 13.1 Å². The molecule has 0 spiro atoms. The normalized spacial score (nSPS) is 11.5. The maximum Gasteiger partial charge on any atom is 0.239 e. The van der Waals surface area contributed by atoms with Gasteiger partial charge in [0.2, 0.25) is 6.41 Å².